The summed E-state index contributed by atoms with van der Waals surface area (Å²) in [7, 11) is 0. The molecule has 2 amide bonds. The Balaban J connectivity index is 1.49. The molecule has 1 aromatic heterocycles. The number of benzene rings is 1. The lowest BCUT2D eigenvalue weighted by Crippen LogP contribution is -2.50. The summed E-state index contributed by atoms with van der Waals surface area (Å²) in [6.45, 7) is 3.00. The van der Waals surface area contributed by atoms with E-state index in [1.165, 1.54) is 0 Å². The zero-order chi connectivity index (χ0) is 16.2. The van der Waals surface area contributed by atoms with Crippen molar-refractivity contribution in [3.8, 4) is 0 Å². The predicted molar refractivity (Wildman–Crippen MR) is 90.2 cm³/mol. The number of rotatable bonds is 5. The molecule has 7 heteroatoms. The molecule has 1 aliphatic heterocycles. The van der Waals surface area contributed by atoms with Gasteiger partial charge in [-0.1, -0.05) is 12.1 Å². The van der Waals surface area contributed by atoms with Gasteiger partial charge in [0.1, 0.15) is 0 Å². The van der Waals surface area contributed by atoms with Crippen LogP contribution in [0.25, 0.3) is 10.2 Å². The maximum Gasteiger partial charge on any atom is 0.231 e. The number of piperazine rings is 1. The monoisotopic (exact) mass is 332 g/mol. The quantitative estimate of drug-likeness (QED) is 0.881. The molecule has 2 N–H and O–H groups in total. The molecule has 1 aliphatic rings. The Morgan fingerprint density at radius 3 is 2.61 bits per heavy atom. The van der Waals surface area contributed by atoms with Crippen LogP contribution in [0.4, 0.5) is 0 Å². The second-order valence-corrected chi connectivity index (χ2v) is 6.81. The number of nitrogens with zero attached hydrogens (tertiary/aromatic N) is 3. The maximum absolute atomic E-state index is 12.3. The Hall–Kier alpha value is -1.99. The lowest BCUT2D eigenvalue weighted by Gasteiger charge is -2.34. The van der Waals surface area contributed by atoms with Crippen LogP contribution in [0, 0.1) is 0 Å². The molecule has 1 aromatic carbocycles. The van der Waals surface area contributed by atoms with Crippen LogP contribution < -0.4 is 5.73 Å². The highest BCUT2D eigenvalue weighted by Gasteiger charge is 2.21. The number of aryl methyl sites for hydroxylation is 1. The normalized spacial score (nSPS) is 15.9. The van der Waals surface area contributed by atoms with Crippen LogP contribution in [0.15, 0.2) is 24.3 Å². The number of carbonyl (C=O) groups is 2. The van der Waals surface area contributed by atoms with E-state index >= 15 is 0 Å². The molecule has 0 atom stereocenters. The third-order valence-electron chi connectivity index (χ3n) is 4.00. The van der Waals surface area contributed by atoms with E-state index in [0.29, 0.717) is 39.0 Å². The highest BCUT2D eigenvalue weighted by molar-refractivity contribution is 7.18. The van der Waals surface area contributed by atoms with Gasteiger partial charge < -0.3 is 10.6 Å². The van der Waals surface area contributed by atoms with Crippen molar-refractivity contribution >= 4 is 33.4 Å². The molecule has 3 rings (SSSR count). The Bertz CT molecular complexity index is 674. The van der Waals surface area contributed by atoms with Gasteiger partial charge in [0, 0.05) is 39.0 Å². The van der Waals surface area contributed by atoms with Gasteiger partial charge in [0.25, 0.3) is 0 Å². The molecular weight excluding hydrogens is 312 g/mol. The van der Waals surface area contributed by atoms with Crippen molar-refractivity contribution in [1.29, 1.82) is 0 Å². The van der Waals surface area contributed by atoms with Crippen LogP contribution in [0.2, 0.25) is 0 Å². The van der Waals surface area contributed by atoms with Gasteiger partial charge in [-0.2, -0.15) is 0 Å². The van der Waals surface area contributed by atoms with Gasteiger partial charge in [0.15, 0.2) is 0 Å². The first-order valence-corrected chi connectivity index (χ1v) is 8.56. The number of carbonyl (C=O) groups excluding carboxylic acids is 2. The van der Waals surface area contributed by atoms with Crippen molar-refractivity contribution in [1.82, 2.24) is 14.8 Å². The van der Waals surface area contributed by atoms with Crippen LogP contribution in [-0.4, -0.2) is 59.3 Å². The highest BCUT2D eigenvalue weighted by atomic mass is 32.1. The number of nitrogens with two attached hydrogens (primary N) is 1. The van der Waals surface area contributed by atoms with Crippen LogP contribution in [0.1, 0.15) is 11.4 Å². The summed E-state index contributed by atoms with van der Waals surface area (Å²) in [6, 6.07) is 8.02. The van der Waals surface area contributed by atoms with E-state index < -0.39 is 0 Å². The number of thiazole rings is 1. The summed E-state index contributed by atoms with van der Waals surface area (Å²) < 4.78 is 1.16. The summed E-state index contributed by atoms with van der Waals surface area (Å²) in [5.74, 6) is -0.163. The van der Waals surface area contributed by atoms with E-state index in [0.717, 1.165) is 15.2 Å². The zero-order valence-electron chi connectivity index (χ0n) is 12.9. The first-order valence-electron chi connectivity index (χ1n) is 7.75. The summed E-state index contributed by atoms with van der Waals surface area (Å²) in [4.78, 5) is 31.6. The number of hydrogen-bond acceptors (Lipinski definition) is 5. The molecule has 23 heavy (non-hydrogen) atoms. The van der Waals surface area contributed by atoms with Gasteiger partial charge in [-0.3, -0.25) is 14.5 Å². The second kappa shape index (κ2) is 7.06. The highest BCUT2D eigenvalue weighted by Crippen LogP contribution is 2.22. The molecule has 0 bridgehead atoms. The van der Waals surface area contributed by atoms with E-state index in [9.17, 15) is 9.59 Å². The van der Waals surface area contributed by atoms with Gasteiger partial charge in [0.05, 0.1) is 21.8 Å². The van der Waals surface area contributed by atoms with Crippen molar-refractivity contribution in [2.24, 2.45) is 5.73 Å². The Labute approximate surface area is 138 Å². The number of aromatic nitrogens is 1. The van der Waals surface area contributed by atoms with Crippen LogP contribution in [0.3, 0.4) is 0 Å². The molecule has 0 aliphatic carbocycles. The standard InChI is InChI=1S/C16H20N4O2S/c17-14(21)11-19-7-9-20(10-8-19)16(22)6-5-15-18-12-3-1-2-4-13(12)23-15/h1-4H,5-11H2,(H2,17,21). The Morgan fingerprint density at radius 2 is 1.91 bits per heavy atom. The SMILES string of the molecule is NC(=O)CN1CCN(C(=O)CCc2nc3ccccc3s2)CC1. The fourth-order valence-electron chi connectivity index (χ4n) is 2.77. The molecule has 1 fully saturated rings. The summed E-state index contributed by atoms with van der Waals surface area (Å²) >= 11 is 1.65. The van der Waals surface area contributed by atoms with E-state index in [-0.39, 0.29) is 18.4 Å². The summed E-state index contributed by atoms with van der Waals surface area (Å²) in [6.07, 6.45) is 1.16. The molecule has 2 heterocycles. The first-order chi connectivity index (χ1) is 11.1. The largest absolute Gasteiger partial charge is 0.369 e. The third kappa shape index (κ3) is 4.05. The van der Waals surface area contributed by atoms with Gasteiger partial charge >= 0.3 is 0 Å². The number of amides is 2. The molecule has 0 spiro atoms. The number of fused-ring (bicyclic) bond motifs is 1. The van der Waals surface area contributed by atoms with Gasteiger partial charge in [0.2, 0.25) is 11.8 Å². The van der Waals surface area contributed by atoms with Crippen LogP contribution >= 0.6 is 11.3 Å². The lowest BCUT2D eigenvalue weighted by molar-refractivity contribution is -0.133. The number of primary amides is 1. The van der Waals surface area contributed by atoms with E-state index in [1.54, 1.807) is 11.3 Å². The third-order valence-corrected chi connectivity index (χ3v) is 5.09. The minimum atomic E-state index is -0.319. The Kier molecular flexibility index (Phi) is 4.88. The average molecular weight is 332 g/mol. The zero-order valence-corrected chi connectivity index (χ0v) is 13.7. The fourth-order valence-corrected chi connectivity index (χ4v) is 3.74. The van der Waals surface area contributed by atoms with Crippen molar-refractivity contribution in [3.05, 3.63) is 29.3 Å². The molecule has 0 radical (unpaired) electrons. The Morgan fingerprint density at radius 1 is 1.17 bits per heavy atom. The minimum Gasteiger partial charge on any atom is -0.369 e. The molecule has 2 aromatic rings. The molecule has 0 unspecified atom stereocenters. The molecule has 6 nitrogen and oxygen atoms in total. The smallest absolute Gasteiger partial charge is 0.231 e. The van der Waals surface area contributed by atoms with Crippen LogP contribution in [-0.2, 0) is 16.0 Å². The van der Waals surface area contributed by atoms with E-state index in [2.05, 4.69) is 11.1 Å². The van der Waals surface area contributed by atoms with Crippen molar-refractivity contribution in [2.75, 3.05) is 32.7 Å². The fraction of sp³-hybridized carbons (Fsp3) is 0.438. The maximum atomic E-state index is 12.3. The summed E-state index contributed by atoms with van der Waals surface area (Å²) in [5, 5.41) is 1.01. The van der Waals surface area contributed by atoms with Crippen molar-refractivity contribution in [2.45, 2.75) is 12.8 Å². The van der Waals surface area contributed by atoms with Gasteiger partial charge in [-0.15, -0.1) is 11.3 Å². The second-order valence-electron chi connectivity index (χ2n) is 5.70. The van der Waals surface area contributed by atoms with Crippen LogP contribution in [0.5, 0.6) is 0 Å². The molecule has 122 valence electrons. The molecular formula is C16H20N4O2S. The predicted octanol–water partition coefficient (Wildman–Crippen LogP) is 0.858. The van der Waals surface area contributed by atoms with E-state index in [1.807, 2.05) is 28.0 Å². The van der Waals surface area contributed by atoms with Gasteiger partial charge in [-0.05, 0) is 12.1 Å². The average Bonchev–Trinajstić information content (AvgIpc) is 2.95. The van der Waals surface area contributed by atoms with Gasteiger partial charge in [-0.25, -0.2) is 4.98 Å². The topological polar surface area (TPSA) is 79.5 Å². The summed E-state index contributed by atoms with van der Waals surface area (Å²) in [5.41, 5.74) is 6.19. The molecule has 0 saturated carbocycles. The minimum absolute atomic E-state index is 0.156. The number of para-hydroxylation sites is 1. The van der Waals surface area contributed by atoms with E-state index in [4.69, 9.17) is 5.73 Å². The number of hydrogen-bond donors (Lipinski definition) is 1. The molecule has 1 saturated heterocycles. The van der Waals surface area contributed by atoms with Crippen molar-refractivity contribution < 1.29 is 9.59 Å². The lowest BCUT2D eigenvalue weighted by atomic mass is 10.2. The van der Waals surface area contributed by atoms with Crippen molar-refractivity contribution in [3.63, 3.8) is 0 Å². The first kappa shape index (κ1) is 15.9.